The molecule has 0 aliphatic rings. The highest BCUT2D eigenvalue weighted by Gasteiger charge is 2.22. The predicted octanol–water partition coefficient (Wildman–Crippen LogP) is 3.45. The smallest absolute Gasteiger partial charge is 0.232 e. The van der Waals surface area contributed by atoms with Crippen LogP contribution in [0.5, 0.6) is 5.75 Å². The lowest BCUT2D eigenvalue weighted by Gasteiger charge is -2.24. The van der Waals surface area contributed by atoms with E-state index >= 15 is 0 Å². The van der Waals surface area contributed by atoms with E-state index in [2.05, 4.69) is 5.32 Å². The highest BCUT2D eigenvalue weighted by molar-refractivity contribution is 7.92. The van der Waals surface area contributed by atoms with Crippen molar-refractivity contribution >= 4 is 38.9 Å². The number of methoxy groups -OCH3 is 1. The van der Waals surface area contributed by atoms with Crippen LogP contribution < -0.4 is 14.4 Å². The maximum atomic E-state index is 12.2. The van der Waals surface area contributed by atoms with Gasteiger partial charge in [0.05, 0.1) is 19.1 Å². The summed E-state index contributed by atoms with van der Waals surface area (Å²) in [6, 6.07) is 12.0. The Labute approximate surface area is 158 Å². The van der Waals surface area contributed by atoms with E-state index in [4.69, 9.17) is 16.3 Å². The third-order valence-corrected chi connectivity index (χ3v) is 5.07. The van der Waals surface area contributed by atoms with Crippen LogP contribution in [-0.4, -0.2) is 34.2 Å². The van der Waals surface area contributed by atoms with Crippen molar-refractivity contribution in [2.75, 3.05) is 29.5 Å². The van der Waals surface area contributed by atoms with E-state index in [9.17, 15) is 13.2 Å². The summed E-state index contributed by atoms with van der Waals surface area (Å²) in [6.07, 6.45) is 1.08. The molecule has 6 nitrogen and oxygen atoms in total. The van der Waals surface area contributed by atoms with Crippen molar-refractivity contribution in [3.63, 3.8) is 0 Å². The molecule has 0 bridgehead atoms. The van der Waals surface area contributed by atoms with Crippen LogP contribution in [0.25, 0.3) is 0 Å². The van der Waals surface area contributed by atoms with Crippen molar-refractivity contribution in [3.05, 3.63) is 53.1 Å². The molecule has 0 spiro atoms. The van der Waals surface area contributed by atoms with E-state index in [0.29, 0.717) is 22.1 Å². The van der Waals surface area contributed by atoms with Gasteiger partial charge < -0.3 is 10.1 Å². The Hall–Kier alpha value is -2.25. The molecule has 2 rings (SSSR count). The van der Waals surface area contributed by atoms with Crippen molar-refractivity contribution in [3.8, 4) is 5.75 Å². The normalized spacial score (nSPS) is 11.1. The lowest BCUT2D eigenvalue weighted by molar-refractivity contribution is -0.116. The highest BCUT2D eigenvalue weighted by Crippen LogP contribution is 2.31. The Bertz CT molecular complexity index is 900. The lowest BCUT2D eigenvalue weighted by Crippen LogP contribution is -2.33. The number of aryl methyl sites for hydroxylation is 1. The number of carbonyl (C=O) groups excluding carboxylic acids is 1. The van der Waals surface area contributed by atoms with Gasteiger partial charge in [0.2, 0.25) is 15.9 Å². The maximum Gasteiger partial charge on any atom is 0.232 e. The monoisotopic (exact) mass is 396 g/mol. The fourth-order valence-corrected chi connectivity index (χ4v) is 3.57. The first-order valence-corrected chi connectivity index (χ1v) is 10.1. The standard InChI is InChI=1S/C18H21ClN2O4S/c1-13-7-8-17(25-2)16(11-13)21(26(3,23)24)10-9-18(22)20-15-6-4-5-14(19)12-15/h4-8,11-12H,9-10H2,1-3H3,(H,20,22). The molecule has 2 aromatic rings. The highest BCUT2D eigenvalue weighted by atomic mass is 35.5. The topological polar surface area (TPSA) is 75.7 Å². The number of anilines is 2. The molecule has 140 valence electrons. The number of carbonyl (C=O) groups is 1. The molecule has 0 aliphatic heterocycles. The molecule has 0 radical (unpaired) electrons. The second-order valence-corrected chi connectivity index (χ2v) is 8.16. The van der Waals surface area contributed by atoms with Crippen LogP contribution in [-0.2, 0) is 14.8 Å². The van der Waals surface area contributed by atoms with E-state index in [0.717, 1.165) is 11.8 Å². The van der Waals surface area contributed by atoms with Crippen molar-refractivity contribution in [2.45, 2.75) is 13.3 Å². The molecule has 0 atom stereocenters. The number of rotatable bonds is 7. The number of benzene rings is 2. The molecule has 26 heavy (non-hydrogen) atoms. The molecule has 1 N–H and O–H groups in total. The third kappa shape index (κ3) is 5.37. The molecule has 0 unspecified atom stereocenters. The van der Waals surface area contributed by atoms with Gasteiger partial charge in [-0.25, -0.2) is 8.42 Å². The second kappa shape index (κ2) is 8.42. The average molecular weight is 397 g/mol. The molecule has 0 aliphatic carbocycles. The van der Waals surface area contributed by atoms with Crippen molar-refractivity contribution < 1.29 is 17.9 Å². The zero-order valence-electron chi connectivity index (χ0n) is 14.8. The summed E-state index contributed by atoms with van der Waals surface area (Å²) in [6.45, 7) is 1.85. The Balaban J connectivity index is 2.17. The van der Waals surface area contributed by atoms with Crippen molar-refractivity contribution in [2.24, 2.45) is 0 Å². The number of ether oxygens (including phenoxy) is 1. The number of nitrogens with zero attached hydrogens (tertiary/aromatic N) is 1. The second-order valence-electron chi connectivity index (χ2n) is 5.82. The van der Waals surface area contributed by atoms with Crippen molar-refractivity contribution in [1.29, 1.82) is 0 Å². The van der Waals surface area contributed by atoms with E-state index in [1.165, 1.54) is 11.4 Å². The predicted molar refractivity (Wildman–Crippen MR) is 105 cm³/mol. The molecule has 0 heterocycles. The number of amides is 1. The first-order valence-electron chi connectivity index (χ1n) is 7.88. The molecule has 2 aromatic carbocycles. The van der Waals surface area contributed by atoms with E-state index < -0.39 is 10.0 Å². The molecular weight excluding hydrogens is 376 g/mol. The summed E-state index contributed by atoms with van der Waals surface area (Å²) in [5.74, 6) is 0.115. The zero-order chi connectivity index (χ0) is 19.3. The maximum absolute atomic E-state index is 12.2. The Morgan fingerprint density at radius 2 is 1.96 bits per heavy atom. The van der Waals surface area contributed by atoms with Crippen LogP contribution in [0.4, 0.5) is 11.4 Å². The Morgan fingerprint density at radius 3 is 2.58 bits per heavy atom. The molecular formula is C18H21ClN2O4S. The minimum Gasteiger partial charge on any atom is -0.495 e. The largest absolute Gasteiger partial charge is 0.495 e. The van der Waals surface area contributed by atoms with Gasteiger partial charge in [-0.3, -0.25) is 9.10 Å². The van der Waals surface area contributed by atoms with Gasteiger partial charge in [-0.1, -0.05) is 23.7 Å². The van der Waals surface area contributed by atoms with Gasteiger partial charge in [-0.2, -0.15) is 0 Å². The average Bonchev–Trinajstić information content (AvgIpc) is 2.54. The number of halogens is 1. The van der Waals surface area contributed by atoms with Crippen LogP contribution in [0, 0.1) is 6.92 Å². The SMILES string of the molecule is COc1ccc(C)cc1N(CCC(=O)Nc1cccc(Cl)c1)S(C)(=O)=O. The fourth-order valence-electron chi connectivity index (χ4n) is 2.45. The molecule has 0 aromatic heterocycles. The summed E-state index contributed by atoms with van der Waals surface area (Å²) >= 11 is 5.89. The van der Waals surface area contributed by atoms with E-state index in [-0.39, 0.29) is 18.9 Å². The quantitative estimate of drug-likeness (QED) is 0.777. The fraction of sp³-hybridized carbons (Fsp3) is 0.278. The molecule has 0 fully saturated rings. The van der Waals surface area contributed by atoms with Crippen LogP contribution in [0.3, 0.4) is 0 Å². The van der Waals surface area contributed by atoms with Crippen molar-refractivity contribution in [1.82, 2.24) is 0 Å². The molecule has 0 saturated heterocycles. The minimum atomic E-state index is -3.59. The Kier molecular flexibility index (Phi) is 6.50. The van der Waals surface area contributed by atoms with Gasteiger partial charge in [0.15, 0.2) is 0 Å². The van der Waals surface area contributed by atoms with Crippen LogP contribution in [0.2, 0.25) is 5.02 Å². The summed E-state index contributed by atoms with van der Waals surface area (Å²) in [5.41, 5.74) is 1.85. The van der Waals surface area contributed by atoms with Gasteiger partial charge in [-0.15, -0.1) is 0 Å². The summed E-state index contributed by atoms with van der Waals surface area (Å²) in [4.78, 5) is 12.2. The zero-order valence-corrected chi connectivity index (χ0v) is 16.4. The first kappa shape index (κ1) is 20.1. The third-order valence-electron chi connectivity index (χ3n) is 3.65. The first-order chi connectivity index (χ1) is 12.2. The molecule has 1 amide bonds. The molecule has 0 saturated carbocycles. The van der Waals surface area contributed by atoms with Gasteiger partial charge in [-0.05, 0) is 42.8 Å². The van der Waals surface area contributed by atoms with Crippen LogP contribution in [0.15, 0.2) is 42.5 Å². The van der Waals surface area contributed by atoms with E-state index in [1.54, 1.807) is 36.4 Å². The number of sulfonamides is 1. The number of nitrogens with one attached hydrogen (secondary N) is 1. The van der Waals surface area contributed by atoms with Gasteiger partial charge in [0.1, 0.15) is 5.75 Å². The Morgan fingerprint density at radius 1 is 1.23 bits per heavy atom. The van der Waals surface area contributed by atoms with Gasteiger partial charge >= 0.3 is 0 Å². The van der Waals surface area contributed by atoms with Crippen LogP contribution >= 0.6 is 11.6 Å². The summed E-state index contributed by atoms with van der Waals surface area (Å²) in [5, 5.41) is 3.21. The van der Waals surface area contributed by atoms with Crippen LogP contribution in [0.1, 0.15) is 12.0 Å². The number of hydrogen-bond acceptors (Lipinski definition) is 4. The summed E-state index contributed by atoms with van der Waals surface area (Å²) in [7, 11) is -2.12. The van der Waals surface area contributed by atoms with Gasteiger partial charge in [0.25, 0.3) is 0 Å². The van der Waals surface area contributed by atoms with Gasteiger partial charge in [0, 0.05) is 23.7 Å². The number of hydrogen-bond donors (Lipinski definition) is 1. The van der Waals surface area contributed by atoms with E-state index in [1.807, 2.05) is 13.0 Å². The minimum absolute atomic E-state index is 0.00888. The summed E-state index contributed by atoms with van der Waals surface area (Å²) < 4.78 is 30.9. The lowest BCUT2D eigenvalue weighted by atomic mass is 10.2. The molecule has 8 heteroatoms.